The van der Waals surface area contributed by atoms with Gasteiger partial charge in [0, 0.05) is 6.07 Å². The number of non-ortho nitro benzene ring substituents is 1. The largest absolute Gasteiger partial charge is 0.493 e. The molecule has 0 bridgehead atoms. The molecule has 0 amide bonds. The summed E-state index contributed by atoms with van der Waals surface area (Å²) in [6.07, 6.45) is -4.46. The molecule has 0 radical (unpaired) electrons. The average Bonchev–Trinajstić information content (AvgIpc) is 2.34. The molecular formula is C10H9BrF3NO4. The molecule has 1 rings (SSSR count). The van der Waals surface area contributed by atoms with E-state index in [1.807, 2.05) is 0 Å². The van der Waals surface area contributed by atoms with Crippen LogP contribution in [-0.2, 0) is 0 Å². The third-order valence-electron chi connectivity index (χ3n) is 2.10. The molecule has 0 aliphatic carbocycles. The van der Waals surface area contributed by atoms with Crippen LogP contribution < -0.4 is 9.47 Å². The van der Waals surface area contributed by atoms with E-state index in [1.54, 1.807) is 0 Å². The second kappa shape index (κ2) is 6.09. The number of halogens is 4. The number of ether oxygens (including phenoxy) is 2. The Balaban J connectivity index is 2.87. The van der Waals surface area contributed by atoms with Crippen molar-refractivity contribution in [3.63, 3.8) is 0 Å². The lowest BCUT2D eigenvalue weighted by Gasteiger charge is -2.16. The van der Waals surface area contributed by atoms with Crippen LogP contribution in [0.3, 0.4) is 0 Å². The van der Waals surface area contributed by atoms with Crippen molar-refractivity contribution in [1.29, 1.82) is 0 Å². The van der Waals surface area contributed by atoms with Gasteiger partial charge >= 0.3 is 6.18 Å². The molecule has 0 heterocycles. The van der Waals surface area contributed by atoms with E-state index in [0.717, 1.165) is 6.07 Å². The Bertz CT molecular complexity index is 467. The normalized spacial score (nSPS) is 12.9. The van der Waals surface area contributed by atoms with E-state index in [0.29, 0.717) is 0 Å². The summed E-state index contributed by atoms with van der Waals surface area (Å²) in [4.78, 5) is 8.02. The highest BCUT2D eigenvalue weighted by Gasteiger charge is 2.38. The number of nitrogens with zero attached hydrogens (tertiary/aromatic N) is 1. The van der Waals surface area contributed by atoms with Crippen LogP contribution in [0.5, 0.6) is 11.5 Å². The van der Waals surface area contributed by atoms with Crippen LogP contribution in [0.25, 0.3) is 0 Å². The fourth-order valence-electron chi connectivity index (χ4n) is 1.15. The maximum Gasteiger partial charge on any atom is 0.404 e. The van der Waals surface area contributed by atoms with Crippen molar-refractivity contribution in [3.8, 4) is 11.5 Å². The number of benzene rings is 1. The molecule has 5 nitrogen and oxygen atoms in total. The number of nitro groups is 1. The van der Waals surface area contributed by atoms with Crippen LogP contribution in [0, 0.1) is 10.1 Å². The molecule has 0 N–H and O–H groups in total. The first kappa shape index (κ1) is 15.5. The smallest absolute Gasteiger partial charge is 0.404 e. The quantitative estimate of drug-likeness (QED) is 0.467. The highest BCUT2D eigenvalue weighted by molar-refractivity contribution is 9.09. The molecule has 0 aliphatic heterocycles. The minimum atomic E-state index is -4.46. The third-order valence-corrected chi connectivity index (χ3v) is 2.88. The molecule has 9 heteroatoms. The number of nitro benzene ring substituents is 1. The molecule has 1 aromatic rings. The lowest BCUT2D eigenvalue weighted by molar-refractivity contribution is -0.385. The van der Waals surface area contributed by atoms with Crippen LogP contribution in [0.15, 0.2) is 18.2 Å². The Labute approximate surface area is 114 Å². The lowest BCUT2D eigenvalue weighted by Crippen LogP contribution is -2.28. The monoisotopic (exact) mass is 343 g/mol. The molecule has 0 aliphatic rings. The first-order valence-electron chi connectivity index (χ1n) is 4.91. The first-order chi connectivity index (χ1) is 8.75. The standard InChI is InChI=1S/C10H9BrF3NO4/c1-18-7-3-2-6(15(16)17)4-8(7)19-5-9(11)10(12,13)14/h2-4,9H,5H2,1H3. The van der Waals surface area contributed by atoms with Crippen LogP contribution in [0.1, 0.15) is 0 Å². The molecule has 19 heavy (non-hydrogen) atoms. The fourth-order valence-corrected chi connectivity index (χ4v) is 1.28. The van der Waals surface area contributed by atoms with Gasteiger partial charge in [-0.15, -0.1) is 0 Å². The molecule has 0 aromatic heterocycles. The third kappa shape index (κ3) is 4.27. The minimum Gasteiger partial charge on any atom is -0.493 e. The van der Waals surface area contributed by atoms with Gasteiger partial charge in [0.1, 0.15) is 11.4 Å². The van der Waals surface area contributed by atoms with Crippen molar-refractivity contribution in [2.24, 2.45) is 0 Å². The van der Waals surface area contributed by atoms with Crippen LogP contribution >= 0.6 is 15.9 Å². The van der Waals surface area contributed by atoms with Gasteiger partial charge < -0.3 is 9.47 Å². The number of alkyl halides is 4. The van der Waals surface area contributed by atoms with Crippen molar-refractivity contribution in [2.45, 2.75) is 11.0 Å². The van der Waals surface area contributed by atoms with Crippen LogP contribution in [0.2, 0.25) is 0 Å². The van der Waals surface area contributed by atoms with E-state index in [9.17, 15) is 23.3 Å². The molecule has 0 fully saturated rings. The summed E-state index contributed by atoms with van der Waals surface area (Å²) in [7, 11) is 1.28. The van der Waals surface area contributed by atoms with Gasteiger partial charge in [0.2, 0.25) is 0 Å². The minimum absolute atomic E-state index is 0.118. The zero-order chi connectivity index (χ0) is 14.6. The van der Waals surface area contributed by atoms with Crippen molar-refractivity contribution in [1.82, 2.24) is 0 Å². The van der Waals surface area contributed by atoms with Gasteiger partial charge in [-0.2, -0.15) is 13.2 Å². The van der Waals surface area contributed by atoms with Crippen LogP contribution in [0.4, 0.5) is 18.9 Å². The van der Waals surface area contributed by atoms with Gasteiger partial charge in [-0.05, 0) is 6.07 Å². The van der Waals surface area contributed by atoms with Crippen LogP contribution in [-0.4, -0.2) is 29.6 Å². The maximum atomic E-state index is 12.3. The second-order valence-electron chi connectivity index (χ2n) is 3.41. The SMILES string of the molecule is COc1ccc([N+](=O)[O-])cc1OCC(Br)C(F)(F)F. The summed E-state index contributed by atoms with van der Waals surface area (Å²) >= 11 is 2.43. The van der Waals surface area contributed by atoms with Gasteiger partial charge in [0.25, 0.3) is 5.69 Å². The van der Waals surface area contributed by atoms with E-state index in [1.165, 1.54) is 19.2 Å². The molecule has 106 valence electrons. The molecule has 1 aromatic carbocycles. The van der Waals surface area contributed by atoms with E-state index >= 15 is 0 Å². The second-order valence-corrected chi connectivity index (χ2v) is 4.52. The molecule has 0 saturated carbocycles. The highest BCUT2D eigenvalue weighted by atomic mass is 79.9. The fraction of sp³-hybridized carbons (Fsp3) is 0.400. The highest BCUT2D eigenvalue weighted by Crippen LogP contribution is 2.33. The molecule has 0 spiro atoms. The zero-order valence-electron chi connectivity index (χ0n) is 9.61. The maximum absolute atomic E-state index is 12.3. The van der Waals surface area contributed by atoms with Crippen molar-refractivity contribution in [2.75, 3.05) is 13.7 Å². The summed E-state index contributed by atoms with van der Waals surface area (Å²) in [5.74, 6) is -0.00197. The number of methoxy groups -OCH3 is 1. The van der Waals surface area contributed by atoms with E-state index in [-0.39, 0.29) is 17.2 Å². The summed E-state index contributed by atoms with van der Waals surface area (Å²) in [5.41, 5.74) is -0.297. The van der Waals surface area contributed by atoms with Crippen molar-refractivity contribution >= 4 is 21.6 Å². The van der Waals surface area contributed by atoms with Gasteiger partial charge in [-0.25, -0.2) is 0 Å². The lowest BCUT2D eigenvalue weighted by atomic mass is 10.3. The van der Waals surface area contributed by atoms with E-state index in [2.05, 4.69) is 15.9 Å². The van der Waals surface area contributed by atoms with E-state index in [4.69, 9.17) is 9.47 Å². The Morgan fingerprint density at radius 2 is 2.05 bits per heavy atom. The van der Waals surface area contributed by atoms with Crippen molar-refractivity contribution < 1.29 is 27.6 Å². The molecule has 1 unspecified atom stereocenters. The number of hydrogen-bond acceptors (Lipinski definition) is 4. The molecule has 0 saturated heterocycles. The Kier molecular flexibility index (Phi) is 4.98. The average molecular weight is 344 g/mol. The van der Waals surface area contributed by atoms with Crippen molar-refractivity contribution in [3.05, 3.63) is 28.3 Å². The summed E-state index contributed by atoms with van der Waals surface area (Å²) in [6, 6.07) is 3.43. The number of hydrogen-bond donors (Lipinski definition) is 0. The number of rotatable bonds is 5. The van der Waals surface area contributed by atoms with Gasteiger partial charge in [0.15, 0.2) is 11.5 Å². The van der Waals surface area contributed by atoms with Gasteiger partial charge in [-0.3, -0.25) is 10.1 Å². The predicted octanol–water partition coefficient (Wildman–Crippen LogP) is 3.31. The molecule has 1 atom stereocenters. The first-order valence-corrected chi connectivity index (χ1v) is 5.83. The van der Waals surface area contributed by atoms with Gasteiger partial charge in [0.05, 0.1) is 18.1 Å². The zero-order valence-corrected chi connectivity index (χ0v) is 11.2. The molecular weight excluding hydrogens is 335 g/mol. The Morgan fingerprint density at radius 1 is 1.42 bits per heavy atom. The summed E-state index contributed by atoms with van der Waals surface area (Å²) in [6.45, 7) is -0.721. The Morgan fingerprint density at radius 3 is 2.53 bits per heavy atom. The topological polar surface area (TPSA) is 61.6 Å². The van der Waals surface area contributed by atoms with Gasteiger partial charge in [-0.1, -0.05) is 15.9 Å². The summed E-state index contributed by atoms with van der Waals surface area (Å²) < 4.78 is 46.6. The summed E-state index contributed by atoms with van der Waals surface area (Å²) in [5, 5.41) is 10.6. The predicted molar refractivity (Wildman–Crippen MR) is 63.9 cm³/mol. The van der Waals surface area contributed by atoms with E-state index < -0.39 is 22.5 Å². The Hall–Kier alpha value is -1.51.